The van der Waals surface area contributed by atoms with E-state index in [9.17, 15) is 67.3 Å². The summed E-state index contributed by atoms with van der Waals surface area (Å²) in [5.74, 6) is -3.70. The minimum atomic E-state index is -1.11. The molecule has 0 spiro atoms. The van der Waals surface area contributed by atoms with Crippen LogP contribution in [-0.2, 0) is 38.9 Å². The second-order valence-corrected chi connectivity index (χ2v) is 38.4. The molecule has 30 nitrogen and oxygen atoms in total. The monoisotopic (exact) mass is 2060 g/mol. The summed E-state index contributed by atoms with van der Waals surface area (Å²) < 4.78 is 31.9. The van der Waals surface area contributed by atoms with Gasteiger partial charge in [0.1, 0.15) is 0 Å². The molecule has 3 aliphatic rings. The topological polar surface area (TPSA) is 359 Å². The molecule has 0 saturated carbocycles. The zero-order chi connectivity index (χ0) is 105. The number of benzene rings is 9. The molecular weight excluding hydrogens is 1930 g/mol. The van der Waals surface area contributed by atoms with Gasteiger partial charge in [0.15, 0.2) is 28.7 Å². The van der Waals surface area contributed by atoms with Gasteiger partial charge in [-0.1, -0.05) is 194 Å². The highest BCUT2D eigenvalue weighted by Crippen LogP contribution is 2.36. The lowest BCUT2D eigenvalue weighted by Crippen LogP contribution is -2.46. The zero-order valence-electron chi connectivity index (χ0n) is 84.6. The number of aliphatic hydroxyl groups is 3. The predicted molar refractivity (Wildman–Crippen MR) is 572 cm³/mol. The molecule has 3 atom stereocenters. The molecule has 0 fully saturated rings. The van der Waals surface area contributed by atoms with Crippen molar-refractivity contribution in [1.29, 1.82) is 0 Å². The first kappa shape index (κ1) is 110. The molecule has 9 N–H and O–H groups in total. The second-order valence-electron chi connectivity index (χ2n) is 37.1. The summed E-state index contributed by atoms with van der Waals surface area (Å²) in [4.78, 5) is 134. The molecular formula is C112H129Cl3F2N18O12. The number of unbranched alkanes of at least 4 members (excludes halogenated alkanes) is 6. The summed E-state index contributed by atoms with van der Waals surface area (Å²) in [6, 6.07) is 53.2. The first-order chi connectivity index (χ1) is 70.9. The molecule has 0 aliphatic carbocycles. The molecule has 9 aromatic carbocycles. The van der Waals surface area contributed by atoms with Crippen LogP contribution in [0, 0.1) is 39.3 Å². The van der Waals surface area contributed by atoms with Gasteiger partial charge in [-0.25, -0.2) is 37.2 Å². The number of hydrogen-bond donors (Lipinski definition) is 9. The van der Waals surface area contributed by atoms with E-state index in [4.69, 9.17) is 45.0 Å². The Bertz CT molecular complexity index is 6680. The lowest BCUT2D eigenvalue weighted by Gasteiger charge is -2.36. The smallest absolute Gasteiger partial charge is 0.323 e. The molecule has 12 aromatic rings. The fraction of sp³-hybridized carbons (Fsp3) is 0.357. The van der Waals surface area contributed by atoms with Gasteiger partial charge in [-0.15, -0.1) is 0 Å². The number of urea groups is 3. The van der Waals surface area contributed by atoms with Crippen molar-refractivity contribution in [2.45, 2.75) is 203 Å². The summed E-state index contributed by atoms with van der Waals surface area (Å²) in [7, 11) is 0. The van der Waals surface area contributed by atoms with Crippen molar-refractivity contribution >= 4 is 122 Å². The molecule has 147 heavy (non-hydrogen) atoms. The first-order valence-electron chi connectivity index (χ1n) is 50.3. The fourth-order valence-electron chi connectivity index (χ4n) is 18.1. The van der Waals surface area contributed by atoms with Crippen LogP contribution in [0.25, 0.3) is 17.1 Å². The molecule has 35 heteroatoms. The standard InChI is InChI=1S/C38H45ClN6O4.C37H42Cl2N6O4.C37H42F2N6O4/c1-5-7-18-43(19-8-6-2)37(48)34-20-25(3)45(42-34)35-17-16-29(40-38(49)41-33-15-11-14-32(39)26(33)4)22-31(35)36(47)44-23-28-13-10-9-12-27(28)21-30(44)24-46;1-4-6-14-43(15-7-5-2)36(48)33-16-24(3)45(42-33)34-13-12-29(40-37(49)41-30-19-27(38)18-28(39)20-30)21-32(34)35(47)44-22-26-11-9-8-10-25(26)17-31(44)23-46;1-4-6-16-43(17-7-5-2)36(48)33-18-24(3)45(42-33)34-15-13-27(40-37(49)41-28-12-14-31(38)32(39)21-28)20-30(34)35(47)44-22-26-11-9-8-10-25(26)19-29(44)23-46/h9-17,20,22,30,46H,5-8,18-19,21,23-24H2,1-4H3,(H2,40,41,49);8-13,16,18-21,31,46H,4-7,14-15,17,22-23H2,1-3H3,(H2,40,41,49);8-15,18,20-21,29,46H,4-7,16-17,19,22-23H2,1-3H3,(H2,40,41,49)/t30-;31-;29-/m000/s1. The van der Waals surface area contributed by atoms with Crippen LogP contribution in [0.3, 0.4) is 0 Å². The van der Waals surface area contributed by atoms with Gasteiger partial charge in [-0.2, -0.15) is 15.3 Å². The Balaban J connectivity index is 0.000000184. The third-order valence-corrected chi connectivity index (χ3v) is 27.2. The van der Waals surface area contributed by atoms with Gasteiger partial charge in [-0.05, 0) is 240 Å². The van der Waals surface area contributed by atoms with E-state index < -0.39 is 53.8 Å². The Morgan fingerprint density at radius 1 is 0.340 bits per heavy atom. The maximum atomic E-state index is 14.5. The van der Waals surface area contributed by atoms with E-state index in [1.165, 1.54) is 12.1 Å². The van der Waals surface area contributed by atoms with Crippen molar-refractivity contribution in [2.75, 3.05) is 91.0 Å². The van der Waals surface area contributed by atoms with E-state index in [0.29, 0.717) is 155 Å². The molecule has 0 bridgehead atoms. The summed E-state index contributed by atoms with van der Waals surface area (Å²) >= 11 is 18.5. The summed E-state index contributed by atoms with van der Waals surface area (Å²) in [5.41, 5.74) is 13.7. The molecule has 15 rings (SSSR count). The van der Waals surface area contributed by atoms with Gasteiger partial charge in [0.25, 0.3) is 35.4 Å². The predicted octanol–water partition coefficient (Wildman–Crippen LogP) is 21.8. The number of nitrogens with zero attached hydrogens (tertiary/aromatic N) is 12. The summed E-state index contributed by atoms with van der Waals surface area (Å²) in [5, 5.41) is 62.8. The van der Waals surface area contributed by atoms with Crippen LogP contribution in [0.1, 0.15) is 237 Å². The maximum absolute atomic E-state index is 14.5. The van der Waals surface area contributed by atoms with Crippen LogP contribution in [0.4, 0.5) is 57.3 Å². The van der Waals surface area contributed by atoms with Gasteiger partial charge in [-0.3, -0.25) is 28.8 Å². The molecule has 12 amide bonds. The number of halogens is 5. The average molecular weight is 2060 g/mol. The zero-order valence-corrected chi connectivity index (χ0v) is 86.9. The SMILES string of the molecule is CCCCN(CCCC)C(=O)c1cc(C)n(-c2ccc(NC(=O)Nc3cc(Cl)cc(Cl)c3)cc2C(=O)N2Cc3ccccc3C[C@H]2CO)n1.CCCCN(CCCC)C(=O)c1cc(C)n(-c2ccc(NC(=O)Nc3ccc(F)c(F)c3)cc2C(=O)N2Cc3ccccc3C[C@H]2CO)n1.CCCCN(CCCC)C(=O)c1cc(C)n(-c2ccc(NC(=O)Nc3cccc(Cl)c3C)cc2C(=O)N2Cc3ccccc3C[C@H]2CO)n1. The number of aromatic nitrogens is 6. The van der Waals surface area contributed by atoms with Gasteiger partial charge in [0.2, 0.25) is 0 Å². The molecule has 3 aliphatic heterocycles. The number of amides is 12. The molecule has 0 saturated heterocycles. The second kappa shape index (κ2) is 52.3. The Kier molecular flexibility index (Phi) is 39.1. The number of aliphatic hydroxyl groups excluding tert-OH is 3. The summed E-state index contributed by atoms with van der Waals surface area (Å²) in [6.07, 6.45) is 12.6. The molecule has 3 aromatic heterocycles. The van der Waals surface area contributed by atoms with Gasteiger partial charge < -0.3 is 76.6 Å². The molecule has 774 valence electrons. The van der Waals surface area contributed by atoms with Crippen LogP contribution >= 0.6 is 34.8 Å². The Morgan fingerprint density at radius 3 is 0.939 bits per heavy atom. The van der Waals surface area contributed by atoms with Crippen molar-refractivity contribution < 1.29 is 67.3 Å². The number of carbonyl (C=O) groups excluding carboxylic acids is 9. The largest absolute Gasteiger partial charge is 0.394 e. The third kappa shape index (κ3) is 27.8. The number of aryl methyl sites for hydroxylation is 3. The number of rotatable bonds is 36. The number of anilines is 6. The highest BCUT2D eigenvalue weighted by atomic mass is 35.5. The van der Waals surface area contributed by atoms with Gasteiger partial charge >= 0.3 is 18.1 Å². The van der Waals surface area contributed by atoms with Gasteiger partial charge in [0, 0.05) is 131 Å². The highest BCUT2D eigenvalue weighted by Gasteiger charge is 2.38. The maximum Gasteiger partial charge on any atom is 0.323 e. The van der Waals surface area contributed by atoms with Crippen LogP contribution in [0.5, 0.6) is 0 Å². The van der Waals surface area contributed by atoms with E-state index >= 15 is 0 Å². The summed E-state index contributed by atoms with van der Waals surface area (Å²) in [6.45, 7) is 23.9. The van der Waals surface area contributed by atoms with Gasteiger partial charge in [0.05, 0.1) is 71.7 Å². The lowest BCUT2D eigenvalue weighted by molar-refractivity contribution is 0.0539. The van der Waals surface area contributed by atoms with Crippen LogP contribution < -0.4 is 31.9 Å². The van der Waals surface area contributed by atoms with Crippen molar-refractivity contribution in [3.8, 4) is 17.1 Å². The van der Waals surface area contributed by atoms with E-state index in [1.807, 2.05) is 108 Å². The van der Waals surface area contributed by atoms with E-state index in [1.54, 1.807) is 139 Å². The fourth-order valence-corrected chi connectivity index (χ4v) is 18.8. The molecule has 6 heterocycles. The van der Waals surface area contributed by atoms with Crippen LogP contribution in [-0.4, -0.2) is 205 Å². The van der Waals surface area contributed by atoms with Crippen molar-refractivity contribution in [3.05, 3.63) is 317 Å². The van der Waals surface area contributed by atoms with Crippen molar-refractivity contribution in [2.24, 2.45) is 0 Å². The number of fused-ring (bicyclic) bond motifs is 3. The Labute approximate surface area is 871 Å². The van der Waals surface area contributed by atoms with Crippen molar-refractivity contribution in [3.63, 3.8) is 0 Å². The van der Waals surface area contributed by atoms with E-state index in [-0.39, 0.29) is 89.7 Å². The van der Waals surface area contributed by atoms with Crippen LogP contribution in [0.15, 0.2) is 200 Å². The highest BCUT2D eigenvalue weighted by molar-refractivity contribution is 6.35. The number of carbonyl (C=O) groups is 9. The molecule has 0 radical (unpaired) electrons. The first-order valence-corrected chi connectivity index (χ1v) is 51.4. The average Bonchev–Trinajstić information content (AvgIpc) is 1.72. The minimum Gasteiger partial charge on any atom is -0.394 e. The molecule has 0 unspecified atom stereocenters. The Hall–Kier alpha value is -14.2. The number of nitrogens with one attached hydrogen (secondary N) is 6. The number of hydrogen-bond acceptors (Lipinski definition) is 15. The minimum absolute atomic E-state index is 0.0402. The Morgan fingerprint density at radius 2 is 0.633 bits per heavy atom. The van der Waals surface area contributed by atoms with E-state index in [0.717, 1.165) is 128 Å². The van der Waals surface area contributed by atoms with E-state index in [2.05, 4.69) is 78.5 Å². The van der Waals surface area contributed by atoms with Crippen LogP contribution in [0.2, 0.25) is 15.1 Å². The quantitative estimate of drug-likeness (QED) is 0.0176. The lowest BCUT2D eigenvalue weighted by atomic mass is 9.93. The normalized spacial score (nSPS) is 13.9. The third-order valence-electron chi connectivity index (χ3n) is 26.3. The van der Waals surface area contributed by atoms with Crippen molar-refractivity contribution in [1.82, 2.24) is 58.7 Å².